The zero-order valence-electron chi connectivity index (χ0n) is 15.9. The fourth-order valence-corrected chi connectivity index (χ4v) is 3.25. The van der Waals surface area contributed by atoms with E-state index in [2.05, 4.69) is 0 Å². The molecule has 140 valence electrons. The minimum absolute atomic E-state index is 0.0969. The SMILES string of the molecule is Cc1ccc(C2=C(N(C)CCO)C(=O)N(Cc3ccccc3)C2=O)cc1C. The number of nitrogens with zero attached hydrogens (tertiary/aromatic N) is 2. The molecule has 0 radical (unpaired) electrons. The van der Waals surface area contributed by atoms with E-state index in [4.69, 9.17) is 0 Å². The summed E-state index contributed by atoms with van der Waals surface area (Å²) in [6.45, 7) is 4.40. The molecule has 1 heterocycles. The van der Waals surface area contributed by atoms with Gasteiger partial charge >= 0.3 is 0 Å². The van der Waals surface area contributed by atoms with Crippen molar-refractivity contribution in [2.24, 2.45) is 0 Å². The van der Waals surface area contributed by atoms with Crippen molar-refractivity contribution in [3.63, 3.8) is 0 Å². The standard InChI is InChI=1S/C22H24N2O3/c1-15-9-10-18(13-16(15)2)19-20(23(3)11-12-25)22(27)24(21(19)26)14-17-7-5-4-6-8-17/h4-10,13,25H,11-12,14H2,1-3H3. The maximum atomic E-state index is 13.2. The Hall–Kier alpha value is -2.92. The quantitative estimate of drug-likeness (QED) is 0.800. The second kappa shape index (κ2) is 7.76. The molecule has 0 aliphatic carbocycles. The number of hydrogen-bond acceptors (Lipinski definition) is 4. The third-order valence-corrected chi connectivity index (χ3v) is 4.94. The molecule has 0 aromatic heterocycles. The molecule has 0 bridgehead atoms. The van der Waals surface area contributed by atoms with Crippen molar-refractivity contribution in [1.82, 2.24) is 9.80 Å². The van der Waals surface area contributed by atoms with Crippen LogP contribution in [0.15, 0.2) is 54.2 Å². The zero-order chi connectivity index (χ0) is 19.6. The number of likely N-dealkylation sites (N-methyl/N-ethyl adjacent to an activating group) is 1. The van der Waals surface area contributed by atoms with Crippen molar-refractivity contribution in [2.75, 3.05) is 20.2 Å². The Kier molecular flexibility index (Phi) is 5.42. The maximum Gasteiger partial charge on any atom is 0.278 e. The van der Waals surface area contributed by atoms with E-state index in [0.717, 1.165) is 22.3 Å². The Balaban J connectivity index is 2.05. The largest absolute Gasteiger partial charge is 0.395 e. The van der Waals surface area contributed by atoms with E-state index in [-0.39, 0.29) is 31.5 Å². The molecule has 0 unspecified atom stereocenters. The van der Waals surface area contributed by atoms with Gasteiger partial charge in [0.2, 0.25) is 0 Å². The maximum absolute atomic E-state index is 13.2. The summed E-state index contributed by atoms with van der Waals surface area (Å²) >= 11 is 0. The van der Waals surface area contributed by atoms with Gasteiger partial charge in [0.05, 0.1) is 18.7 Å². The number of carbonyl (C=O) groups is 2. The van der Waals surface area contributed by atoms with Crippen molar-refractivity contribution in [3.05, 3.63) is 76.5 Å². The van der Waals surface area contributed by atoms with E-state index in [0.29, 0.717) is 11.3 Å². The van der Waals surface area contributed by atoms with Crippen molar-refractivity contribution in [2.45, 2.75) is 20.4 Å². The number of aliphatic hydroxyl groups is 1. The summed E-state index contributed by atoms with van der Waals surface area (Å²) in [4.78, 5) is 29.2. The highest BCUT2D eigenvalue weighted by Gasteiger charge is 2.40. The van der Waals surface area contributed by atoms with E-state index in [1.165, 1.54) is 4.90 Å². The van der Waals surface area contributed by atoms with Crippen LogP contribution in [0.25, 0.3) is 5.57 Å². The molecule has 3 rings (SSSR count). The van der Waals surface area contributed by atoms with E-state index in [9.17, 15) is 14.7 Å². The molecular weight excluding hydrogens is 340 g/mol. The molecule has 2 amide bonds. The predicted octanol–water partition coefficient (Wildman–Crippen LogP) is 2.51. The first-order valence-corrected chi connectivity index (χ1v) is 8.98. The number of amides is 2. The molecule has 5 nitrogen and oxygen atoms in total. The van der Waals surface area contributed by atoms with Gasteiger partial charge in [-0.25, -0.2) is 0 Å². The molecule has 0 saturated heterocycles. The lowest BCUT2D eigenvalue weighted by molar-refractivity contribution is -0.138. The second-order valence-corrected chi connectivity index (χ2v) is 6.85. The van der Waals surface area contributed by atoms with E-state index >= 15 is 0 Å². The molecule has 1 aliphatic heterocycles. The van der Waals surface area contributed by atoms with Crippen LogP contribution in [-0.4, -0.2) is 46.9 Å². The van der Waals surface area contributed by atoms with Gasteiger partial charge in [0.25, 0.3) is 11.8 Å². The van der Waals surface area contributed by atoms with Gasteiger partial charge in [0.15, 0.2) is 0 Å². The first-order valence-electron chi connectivity index (χ1n) is 8.98. The number of aliphatic hydroxyl groups excluding tert-OH is 1. The highest BCUT2D eigenvalue weighted by Crippen LogP contribution is 2.32. The van der Waals surface area contributed by atoms with Crippen LogP contribution in [-0.2, 0) is 16.1 Å². The highest BCUT2D eigenvalue weighted by atomic mass is 16.3. The smallest absolute Gasteiger partial charge is 0.278 e. The average Bonchev–Trinajstić information content (AvgIpc) is 2.90. The fraction of sp³-hybridized carbons (Fsp3) is 0.273. The third-order valence-electron chi connectivity index (χ3n) is 4.94. The van der Waals surface area contributed by atoms with Gasteiger partial charge in [-0.05, 0) is 36.1 Å². The third kappa shape index (κ3) is 3.64. The number of aryl methyl sites for hydroxylation is 2. The van der Waals surface area contributed by atoms with Gasteiger partial charge in [0.1, 0.15) is 5.70 Å². The number of benzene rings is 2. The van der Waals surface area contributed by atoms with Gasteiger partial charge in [-0.2, -0.15) is 0 Å². The summed E-state index contributed by atoms with van der Waals surface area (Å²) in [5, 5.41) is 9.31. The monoisotopic (exact) mass is 364 g/mol. The lowest BCUT2D eigenvalue weighted by Crippen LogP contribution is -2.34. The molecule has 1 N–H and O–H groups in total. The van der Waals surface area contributed by atoms with E-state index in [1.54, 1.807) is 11.9 Å². The van der Waals surface area contributed by atoms with E-state index < -0.39 is 0 Å². The second-order valence-electron chi connectivity index (χ2n) is 6.85. The topological polar surface area (TPSA) is 60.9 Å². The minimum atomic E-state index is -0.326. The molecule has 5 heteroatoms. The van der Waals surface area contributed by atoms with Crippen LogP contribution in [0.5, 0.6) is 0 Å². The van der Waals surface area contributed by atoms with Crippen molar-refractivity contribution in [1.29, 1.82) is 0 Å². The van der Waals surface area contributed by atoms with E-state index in [1.807, 2.05) is 62.4 Å². The van der Waals surface area contributed by atoms with Crippen LogP contribution in [0.3, 0.4) is 0 Å². The number of imide groups is 1. The molecule has 27 heavy (non-hydrogen) atoms. The van der Waals surface area contributed by atoms with Gasteiger partial charge in [-0.15, -0.1) is 0 Å². The van der Waals surface area contributed by atoms with Crippen LogP contribution < -0.4 is 0 Å². The highest BCUT2D eigenvalue weighted by molar-refractivity contribution is 6.35. The van der Waals surface area contributed by atoms with Crippen LogP contribution in [0, 0.1) is 13.8 Å². The normalized spacial score (nSPS) is 14.3. The number of carbonyl (C=O) groups excluding carboxylic acids is 2. The number of rotatable bonds is 6. The van der Waals surface area contributed by atoms with Crippen LogP contribution in [0.1, 0.15) is 22.3 Å². The molecule has 0 fully saturated rings. The number of hydrogen-bond donors (Lipinski definition) is 1. The summed E-state index contributed by atoms with van der Waals surface area (Å²) in [5.41, 5.74) is 4.55. The Morgan fingerprint density at radius 1 is 0.963 bits per heavy atom. The average molecular weight is 364 g/mol. The molecular formula is C22H24N2O3. The first-order chi connectivity index (χ1) is 12.9. The van der Waals surface area contributed by atoms with Crippen molar-refractivity contribution >= 4 is 17.4 Å². The van der Waals surface area contributed by atoms with Gasteiger partial charge in [-0.3, -0.25) is 14.5 Å². The Labute approximate surface area is 159 Å². The van der Waals surface area contributed by atoms with Gasteiger partial charge < -0.3 is 10.0 Å². The fourth-order valence-electron chi connectivity index (χ4n) is 3.25. The summed E-state index contributed by atoms with van der Waals surface area (Å²) < 4.78 is 0. The van der Waals surface area contributed by atoms with Crippen molar-refractivity contribution < 1.29 is 14.7 Å². The minimum Gasteiger partial charge on any atom is -0.395 e. The first kappa shape index (κ1) is 18.9. The Bertz CT molecular complexity index is 903. The lowest BCUT2D eigenvalue weighted by atomic mass is 9.99. The predicted molar refractivity (Wildman–Crippen MR) is 105 cm³/mol. The lowest BCUT2D eigenvalue weighted by Gasteiger charge is -2.20. The summed E-state index contributed by atoms with van der Waals surface area (Å²) in [6.07, 6.45) is 0. The van der Waals surface area contributed by atoms with Crippen LogP contribution in [0.2, 0.25) is 0 Å². The van der Waals surface area contributed by atoms with Crippen LogP contribution >= 0.6 is 0 Å². The molecule has 0 saturated carbocycles. The molecule has 1 aliphatic rings. The van der Waals surface area contributed by atoms with Gasteiger partial charge in [-0.1, -0.05) is 48.5 Å². The Morgan fingerprint density at radius 2 is 1.67 bits per heavy atom. The Morgan fingerprint density at radius 3 is 2.30 bits per heavy atom. The summed E-state index contributed by atoms with van der Waals surface area (Å²) in [6, 6.07) is 15.2. The molecule has 0 atom stereocenters. The summed E-state index contributed by atoms with van der Waals surface area (Å²) in [5.74, 6) is -0.625. The van der Waals surface area contributed by atoms with Gasteiger partial charge in [0, 0.05) is 13.6 Å². The van der Waals surface area contributed by atoms with Crippen molar-refractivity contribution in [3.8, 4) is 0 Å². The molecule has 0 spiro atoms. The zero-order valence-corrected chi connectivity index (χ0v) is 15.9. The van der Waals surface area contributed by atoms with Crippen LogP contribution in [0.4, 0.5) is 0 Å². The molecule has 2 aromatic carbocycles. The molecule has 2 aromatic rings. The summed E-state index contributed by atoms with van der Waals surface area (Å²) in [7, 11) is 1.73.